The molecule has 0 radical (unpaired) electrons. The molecule has 88 valence electrons. The summed E-state index contributed by atoms with van der Waals surface area (Å²) in [6, 6.07) is -0.605. The predicted molar refractivity (Wildman–Crippen MR) is 59.4 cm³/mol. The van der Waals surface area contributed by atoms with Gasteiger partial charge in [0.1, 0.15) is 0 Å². The Morgan fingerprint density at radius 1 is 1.47 bits per heavy atom. The fraction of sp³-hybridized carbons (Fsp3) is 0.727. The zero-order valence-electron chi connectivity index (χ0n) is 9.44. The topological polar surface area (TPSA) is 69.6 Å². The number of hydrogen-bond acceptors (Lipinski definition) is 3. The number of carbonyl (C=O) groups is 1. The van der Waals surface area contributed by atoms with Crippen LogP contribution in [0, 0.1) is 0 Å². The summed E-state index contributed by atoms with van der Waals surface area (Å²) in [6.07, 6.45) is 4.56. The molecule has 0 aliphatic carbocycles. The van der Waals surface area contributed by atoms with Crippen LogP contribution in [0.3, 0.4) is 0 Å². The molecular formula is C11H21NO3. The molecule has 3 N–H and O–H groups in total. The highest BCUT2D eigenvalue weighted by Crippen LogP contribution is 1.98. The average Bonchev–Trinajstić information content (AvgIpc) is 2.22. The van der Waals surface area contributed by atoms with Crippen molar-refractivity contribution in [3.05, 3.63) is 12.2 Å². The molecule has 0 heterocycles. The van der Waals surface area contributed by atoms with Gasteiger partial charge in [-0.2, -0.15) is 0 Å². The van der Waals surface area contributed by atoms with Crippen molar-refractivity contribution < 1.29 is 15.0 Å². The Bertz CT molecular complexity index is 204. The molecule has 0 aromatic carbocycles. The van der Waals surface area contributed by atoms with Gasteiger partial charge in [0.15, 0.2) is 0 Å². The molecule has 0 unspecified atom stereocenters. The molecule has 0 saturated heterocycles. The fourth-order valence-electron chi connectivity index (χ4n) is 1.15. The minimum atomic E-state index is -0.823. The lowest BCUT2D eigenvalue weighted by atomic mass is 10.1. The van der Waals surface area contributed by atoms with E-state index >= 15 is 0 Å². The van der Waals surface area contributed by atoms with Crippen molar-refractivity contribution in [3.8, 4) is 0 Å². The predicted octanol–water partition coefficient (Wildman–Crippen LogP) is 0.591. The van der Waals surface area contributed by atoms with Crippen LogP contribution < -0.4 is 5.32 Å². The van der Waals surface area contributed by atoms with Gasteiger partial charge in [0, 0.05) is 6.42 Å². The van der Waals surface area contributed by atoms with Crippen molar-refractivity contribution >= 4 is 5.91 Å². The van der Waals surface area contributed by atoms with Crippen LogP contribution in [-0.4, -0.2) is 34.9 Å². The van der Waals surface area contributed by atoms with Gasteiger partial charge in [-0.05, 0) is 12.8 Å². The van der Waals surface area contributed by atoms with Crippen LogP contribution in [0.5, 0.6) is 0 Å². The second-order valence-electron chi connectivity index (χ2n) is 3.43. The number of nitrogens with one attached hydrogen (secondary N) is 1. The SMILES string of the molecule is CCC=C[C@@H](O)[C@H](CO)NC(=O)CCC. The van der Waals surface area contributed by atoms with Crippen molar-refractivity contribution in [1.29, 1.82) is 0 Å². The summed E-state index contributed by atoms with van der Waals surface area (Å²) in [6.45, 7) is 3.60. The van der Waals surface area contributed by atoms with Gasteiger partial charge in [-0.25, -0.2) is 0 Å². The summed E-state index contributed by atoms with van der Waals surface area (Å²) in [7, 11) is 0. The van der Waals surface area contributed by atoms with Crippen LogP contribution >= 0.6 is 0 Å². The number of aliphatic hydroxyl groups excluding tert-OH is 2. The van der Waals surface area contributed by atoms with Crippen LogP contribution in [0.1, 0.15) is 33.1 Å². The number of carbonyl (C=O) groups excluding carboxylic acids is 1. The molecule has 4 nitrogen and oxygen atoms in total. The summed E-state index contributed by atoms with van der Waals surface area (Å²) < 4.78 is 0. The van der Waals surface area contributed by atoms with Crippen molar-refractivity contribution in [3.63, 3.8) is 0 Å². The molecule has 0 aliphatic rings. The second-order valence-corrected chi connectivity index (χ2v) is 3.43. The lowest BCUT2D eigenvalue weighted by molar-refractivity contribution is -0.122. The number of aliphatic hydroxyl groups is 2. The van der Waals surface area contributed by atoms with E-state index in [1.54, 1.807) is 12.2 Å². The molecule has 0 aromatic heterocycles. The lowest BCUT2D eigenvalue weighted by Gasteiger charge is -2.19. The van der Waals surface area contributed by atoms with Gasteiger partial charge in [-0.15, -0.1) is 0 Å². The average molecular weight is 215 g/mol. The Morgan fingerprint density at radius 2 is 2.13 bits per heavy atom. The van der Waals surface area contributed by atoms with E-state index in [2.05, 4.69) is 5.32 Å². The summed E-state index contributed by atoms with van der Waals surface area (Å²) in [4.78, 5) is 11.2. The first-order valence-corrected chi connectivity index (χ1v) is 5.40. The second kappa shape index (κ2) is 8.44. The van der Waals surface area contributed by atoms with Crippen LogP contribution in [0.25, 0.3) is 0 Å². The van der Waals surface area contributed by atoms with Gasteiger partial charge in [0.25, 0.3) is 0 Å². The standard InChI is InChI=1S/C11H21NO3/c1-3-5-7-10(14)9(8-13)12-11(15)6-4-2/h5,7,9-10,13-14H,3-4,6,8H2,1-2H3,(H,12,15)/t9-,10+/m0/s1. The van der Waals surface area contributed by atoms with E-state index in [4.69, 9.17) is 5.11 Å². The van der Waals surface area contributed by atoms with Gasteiger partial charge >= 0.3 is 0 Å². The molecule has 0 rings (SSSR count). The Labute approximate surface area is 91.0 Å². The highest BCUT2D eigenvalue weighted by Gasteiger charge is 2.17. The highest BCUT2D eigenvalue weighted by atomic mass is 16.3. The molecule has 15 heavy (non-hydrogen) atoms. The van der Waals surface area contributed by atoms with E-state index in [9.17, 15) is 9.90 Å². The van der Waals surface area contributed by atoms with Crippen LogP contribution in [0.2, 0.25) is 0 Å². The van der Waals surface area contributed by atoms with E-state index in [0.29, 0.717) is 6.42 Å². The van der Waals surface area contributed by atoms with Crippen molar-refractivity contribution in [1.82, 2.24) is 5.32 Å². The quantitative estimate of drug-likeness (QED) is 0.544. The fourth-order valence-corrected chi connectivity index (χ4v) is 1.15. The monoisotopic (exact) mass is 215 g/mol. The Hall–Kier alpha value is -0.870. The third-order valence-corrected chi connectivity index (χ3v) is 2.00. The number of hydrogen-bond donors (Lipinski definition) is 3. The largest absolute Gasteiger partial charge is 0.394 e. The van der Waals surface area contributed by atoms with E-state index in [-0.39, 0.29) is 12.5 Å². The minimum Gasteiger partial charge on any atom is -0.394 e. The highest BCUT2D eigenvalue weighted by molar-refractivity contribution is 5.76. The lowest BCUT2D eigenvalue weighted by Crippen LogP contribution is -2.45. The van der Waals surface area contributed by atoms with Crippen molar-refractivity contribution in [2.24, 2.45) is 0 Å². The van der Waals surface area contributed by atoms with E-state index in [0.717, 1.165) is 12.8 Å². The van der Waals surface area contributed by atoms with Crippen molar-refractivity contribution in [2.45, 2.75) is 45.3 Å². The van der Waals surface area contributed by atoms with Gasteiger partial charge in [0.05, 0.1) is 18.8 Å². The van der Waals surface area contributed by atoms with E-state index in [1.165, 1.54) is 0 Å². The smallest absolute Gasteiger partial charge is 0.220 e. The molecule has 0 fully saturated rings. The first-order valence-electron chi connectivity index (χ1n) is 5.40. The molecule has 0 aromatic rings. The van der Waals surface area contributed by atoms with Crippen LogP contribution in [0.15, 0.2) is 12.2 Å². The van der Waals surface area contributed by atoms with Crippen molar-refractivity contribution in [2.75, 3.05) is 6.61 Å². The Balaban J connectivity index is 4.11. The summed E-state index contributed by atoms with van der Waals surface area (Å²) in [5, 5.41) is 21.2. The summed E-state index contributed by atoms with van der Waals surface area (Å²) in [5.74, 6) is -0.138. The maximum Gasteiger partial charge on any atom is 0.220 e. The number of allylic oxidation sites excluding steroid dienone is 1. The van der Waals surface area contributed by atoms with Gasteiger partial charge < -0.3 is 15.5 Å². The molecular weight excluding hydrogens is 194 g/mol. The number of rotatable bonds is 7. The number of amides is 1. The minimum absolute atomic E-state index is 0.138. The maximum absolute atomic E-state index is 11.2. The molecule has 0 aliphatic heterocycles. The first-order chi connectivity index (χ1) is 7.15. The third-order valence-electron chi connectivity index (χ3n) is 2.00. The zero-order chi connectivity index (χ0) is 11.7. The maximum atomic E-state index is 11.2. The molecule has 0 spiro atoms. The molecule has 1 amide bonds. The van der Waals surface area contributed by atoms with Gasteiger partial charge in [0.2, 0.25) is 5.91 Å². The normalized spacial score (nSPS) is 15.2. The van der Waals surface area contributed by atoms with E-state index in [1.807, 2.05) is 13.8 Å². The molecule has 4 heteroatoms. The van der Waals surface area contributed by atoms with Crippen LogP contribution in [0.4, 0.5) is 0 Å². The molecule has 0 bridgehead atoms. The molecule has 2 atom stereocenters. The van der Waals surface area contributed by atoms with E-state index < -0.39 is 12.1 Å². The first kappa shape index (κ1) is 14.1. The summed E-state index contributed by atoms with van der Waals surface area (Å²) >= 11 is 0. The molecule has 0 saturated carbocycles. The Kier molecular flexibility index (Phi) is 7.95. The summed E-state index contributed by atoms with van der Waals surface area (Å²) in [5.41, 5.74) is 0. The Morgan fingerprint density at radius 3 is 2.60 bits per heavy atom. The zero-order valence-corrected chi connectivity index (χ0v) is 9.44. The third kappa shape index (κ3) is 6.25. The van der Waals surface area contributed by atoms with Gasteiger partial charge in [-0.3, -0.25) is 4.79 Å². The van der Waals surface area contributed by atoms with Gasteiger partial charge in [-0.1, -0.05) is 26.0 Å². The van der Waals surface area contributed by atoms with Crippen LogP contribution in [-0.2, 0) is 4.79 Å².